The zero-order valence-electron chi connectivity index (χ0n) is 28.7. The Morgan fingerprint density at radius 3 is 2.31 bits per heavy atom. The number of fused-ring (bicyclic) bond motifs is 4. The maximum Gasteiger partial charge on any atom is 0.339 e. The van der Waals surface area contributed by atoms with Gasteiger partial charge in [-0.1, -0.05) is 35.4 Å². The van der Waals surface area contributed by atoms with Gasteiger partial charge in [-0.25, -0.2) is 14.1 Å². The van der Waals surface area contributed by atoms with Crippen LogP contribution in [-0.2, 0) is 24.6 Å². The summed E-state index contributed by atoms with van der Waals surface area (Å²) in [6, 6.07) is 18.5. The monoisotopic (exact) mass is 877 g/mol. The number of phenolic OH excluding ortho intramolecular Hbond substituents is 1. The van der Waals surface area contributed by atoms with Gasteiger partial charge in [-0.15, -0.1) is 0 Å². The number of rotatable bonds is 7. The molecule has 55 heavy (non-hydrogen) atoms. The molecule has 4 aromatic carbocycles. The highest BCUT2D eigenvalue weighted by atomic mass is 127. The largest absolute Gasteiger partial charge is 0.507 e. The van der Waals surface area contributed by atoms with Crippen molar-refractivity contribution in [2.75, 3.05) is 17.4 Å². The van der Waals surface area contributed by atoms with Gasteiger partial charge >= 0.3 is 5.97 Å². The second-order valence-electron chi connectivity index (χ2n) is 13.9. The van der Waals surface area contributed by atoms with E-state index in [0.29, 0.717) is 25.3 Å². The highest BCUT2D eigenvalue weighted by molar-refractivity contribution is 14.1. The standard InChI is InChI=1S/C40H30ClFIN3O9/c1-55-31-15-18(14-29(43)34(31)48)33-24-12-13-26-32(37(51)45(35(26)49)23-10-11-25(38(52)53)30(47)16-23)27(24)17-28-36(50)46(44-22-8-6-21(42)7-9-22)39(54)40(28,33)19-2-4-20(41)5-3-19/h2-12,14-16,26-28,32-33,44,47-48H,13,17H2,1H3,(H,52,53)/t26-,27+,28-,32-,33-,40+/m0/s1. The van der Waals surface area contributed by atoms with Crippen LogP contribution in [0.25, 0.3) is 0 Å². The summed E-state index contributed by atoms with van der Waals surface area (Å²) in [6.07, 6.45) is 1.92. The summed E-state index contributed by atoms with van der Waals surface area (Å²) in [5.41, 5.74) is 2.70. The number of nitrogens with one attached hydrogen (secondary N) is 1. The van der Waals surface area contributed by atoms with E-state index in [1.54, 1.807) is 36.4 Å². The van der Waals surface area contributed by atoms with Gasteiger partial charge in [0.1, 0.15) is 17.1 Å². The normalized spacial score (nSPS) is 25.7. The van der Waals surface area contributed by atoms with Crippen molar-refractivity contribution in [3.8, 4) is 17.2 Å². The summed E-state index contributed by atoms with van der Waals surface area (Å²) in [7, 11) is 1.39. The van der Waals surface area contributed by atoms with E-state index in [9.17, 15) is 38.9 Å². The van der Waals surface area contributed by atoms with E-state index >= 15 is 4.79 Å². The highest BCUT2D eigenvalue weighted by Gasteiger charge is 2.70. The Kier molecular flexibility index (Phi) is 8.87. The number of benzene rings is 4. The van der Waals surface area contributed by atoms with Gasteiger partial charge in [0.2, 0.25) is 11.8 Å². The molecule has 2 saturated heterocycles. The van der Waals surface area contributed by atoms with Crippen molar-refractivity contribution in [2.45, 2.75) is 24.2 Å². The molecule has 4 aliphatic rings. The molecule has 0 spiro atoms. The maximum atomic E-state index is 15.3. The van der Waals surface area contributed by atoms with Crippen LogP contribution in [0.4, 0.5) is 15.8 Å². The number of nitrogens with zero attached hydrogens (tertiary/aromatic N) is 2. The summed E-state index contributed by atoms with van der Waals surface area (Å²) in [4.78, 5) is 71.3. The number of hydrazine groups is 1. The van der Waals surface area contributed by atoms with E-state index < -0.39 is 81.7 Å². The molecule has 1 saturated carbocycles. The van der Waals surface area contributed by atoms with Crippen molar-refractivity contribution in [1.82, 2.24) is 5.01 Å². The number of allylic oxidation sites excluding steroid dienone is 2. The maximum absolute atomic E-state index is 15.3. The highest BCUT2D eigenvalue weighted by Crippen LogP contribution is 2.64. The molecular weight excluding hydrogens is 848 g/mol. The van der Waals surface area contributed by atoms with Crippen molar-refractivity contribution in [2.24, 2.45) is 23.7 Å². The third-order valence-electron chi connectivity index (χ3n) is 11.3. The number of halogens is 3. The van der Waals surface area contributed by atoms with Gasteiger partial charge in [-0.05, 0) is 113 Å². The van der Waals surface area contributed by atoms with Crippen LogP contribution < -0.4 is 15.1 Å². The lowest BCUT2D eigenvalue weighted by Gasteiger charge is -2.50. The molecule has 4 amide bonds. The molecule has 4 aromatic rings. The van der Waals surface area contributed by atoms with Crippen LogP contribution in [0.1, 0.15) is 40.2 Å². The number of carbonyl (C=O) groups is 5. The molecule has 4 N–H and O–H groups in total. The average Bonchev–Trinajstić information content (AvgIpc) is 3.54. The Morgan fingerprint density at radius 2 is 1.65 bits per heavy atom. The summed E-state index contributed by atoms with van der Waals surface area (Å²) >= 11 is 8.31. The molecule has 0 aromatic heterocycles. The Morgan fingerprint density at radius 1 is 0.945 bits per heavy atom. The number of carboxylic acid groups (broad SMARTS) is 1. The van der Waals surface area contributed by atoms with Gasteiger partial charge in [0.15, 0.2) is 11.5 Å². The second-order valence-corrected chi connectivity index (χ2v) is 15.5. The number of phenols is 2. The first-order valence-corrected chi connectivity index (χ1v) is 18.6. The number of aromatic hydroxyl groups is 2. The third kappa shape index (κ3) is 5.47. The van der Waals surface area contributed by atoms with Gasteiger partial charge < -0.3 is 20.1 Å². The number of aromatic carboxylic acids is 1. The van der Waals surface area contributed by atoms with Gasteiger partial charge in [0, 0.05) is 17.0 Å². The molecule has 12 nitrogen and oxygen atoms in total. The third-order valence-corrected chi connectivity index (χ3v) is 12.4. The minimum Gasteiger partial charge on any atom is -0.507 e. The molecule has 0 radical (unpaired) electrons. The molecule has 0 bridgehead atoms. The predicted octanol–water partition coefficient (Wildman–Crippen LogP) is 6.39. The number of carboxylic acids is 1. The molecule has 2 aliphatic carbocycles. The number of amides is 4. The Hall–Kier alpha value is -5.48. The molecule has 2 heterocycles. The number of carbonyl (C=O) groups excluding carboxylic acids is 4. The van der Waals surface area contributed by atoms with E-state index in [2.05, 4.69) is 5.43 Å². The van der Waals surface area contributed by atoms with E-state index in [4.69, 9.17) is 16.3 Å². The molecular formula is C40H30ClFIN3O9. The molecule has 15 heteroatoms. The lowest BCUT2D eigenvalue weighted by atomic mass is 9.49. The van der Waals surface area contributed by atoms with Crippen LogP contribution in [0.5, 0.6) is 17.2 Å². The van der Waals surface area contributed by atoms with Crippen LogP contribution in [0.2, 0.25) is 5.02 Å². The lowest BCUT2D eigenvalue weighted by molar-refractivity contribution is -0.138. The number of imide groups is 2. The topological polar surface area (TPSA) is 174 Å². The first-order valence-electron chi connectivity index (χ1n) is 17.1. The van der Waals surface area contributed by atoms with Crippen LogP contribution in [0.3, 0.4) is 0 Å². The Bertz CT molecular complexity index is 2370. The van der Waals surface area contributed by atoms with Crippen LogP contribution in [0.15, 0.2) is 90.5 Å². The van der Waals surface area contributed by atoms with Gasteiger partial charge in [0.25, 0.3) is 11.8 Å². The number of hydrogen-bond donors (Lipinski definition) is 4. The van der Waals surface area contributed by atoms with Crippen molar-refractivity contribution in [1.29, 1.82) is 0 Å². The summed E-state index contributed by atoms with van der Waals surface area (Å²) < 4.78 is 19.9. The number of hydrogen-bond acceptors (Lipinski definition) is 9. The van der Waals surface area contributed by atoms with Gasteiger partial charge in [-0.2, -0.15) is 5.01 Å². The van der Waals surface area contributed by atoms with Crippen LogP contribution in [0, 0.1) is 33.1 Å². The molecule has 2 aliphatic heterocycles. The summed E-state index contributed by atoms with van der Waals surface area (Å²) in [5.74, 6) is -9.58. The van der Waals surface area contributed by atoms with Crippen molar-refractivity contribution >= 4 is 75.2 Å². The summed E-state index contributed by atoms with van der Waals surface area (Å²) in [6.45, 7) is 0. The molecule has 6 atom stereocenters. The van der Waals surface area contributed by atoms with Crippen molar-refractivity contribution < 1.29 is 48.4 Å². The first kappa shape index (κ1) is 36.5. The van der Waals surface area contributed by atoms with Gasteiger partial charge in [-0.3, -0.25) is 24.6 Å². The number of anilines is 2. The van der Waals surface area contributed by atoms with E-state index in [-0.39, 0.29) is 35.7 Å². The van der Waals surface area contributed by atoms with Crippen molar-refractivity contribution in [3.05, 3.63) is 122 Å². The average molecular weight is 878 g/mol. The Balaban J connectivity index is 1.33. The predicted molar refractivity (Wildman–Crippen MR) is 204 cm³/mol. The fraction of sp³-hybridized carbons (Fsp3) is 0.225. The van der Waals surface area contributed by atoms with Crippen LogP contribution in [-0.4, -0.2) is 57.0 Å². The zero-order chi connectivity index (χ0) is 39.1. The fourth-order valence-corrected chi connectivity index (χ4v) is 9.79. The first-order chi connectivity index (χ1) is 26.3. The number of ether oxygens (including phenoxy) is 1. The molecule has 280 valence electrons. The van der Waals surface area contributed by atoms with Crippen LogP contribution >= 0.6 is 34.2 Å². The van der Waals surface area contributed by atoms with E-state index in [1.165, 1.54) is 37.4 Å². The zero-order valence-corrected chi connectivity index (χ0v) is 31.6. The lowest BCUT2D eigenvalue weighted by Crippen LogP contribution is -2.53. The van der Waals surface area contributed by atoms with E-state index in [0.717, 1.165) is 22.0 Å². The molecule has 8 rings (SSSR count). The summed E-state index contributed by atoms with van der Waals surface area (Å²) in [5, 5.41) is 32.1. The quantitative estimate of drug-likeness (QED) is 0.0926. The molecule has 0 unspecified atom stereocenters. The van der Waals surface area contributed by atoms with Crippen molar-refractivity contribution in [3.63, 3.8) is 0 Å². The minimum atomic E-state index is -1.65. The minimum absolute atomic E-state index is 0.00376. The fourth-order valence-electron chi connectivity index (χ4n) is 9.04. The van der Waals surface area contributed by atoms with Gasteiger partial charge in [0.05, 0.1) is 45.2 Å². The smallest absolute Gasteiger partial charge is 0.339 e. The number of methoxy groups -OCH3 is 1. The second kappa shape index (κ2) is 13.4. The Labute approximate surface area is 331 Å². The molecule has 3 fully saturated rings. The van der Waals surface area contributed by atoms with E-state index in [1.807, 2.05) is 28.7 Å². The SMILES string of the molecule is COc1cc([C@H]2C3=CC[C@@H]4C(=O)N(c5ccc(C(=O)O)c(O)c5)C(=O)[C@@H]4[C@@H]3C[C@H]3C(=O)N(Nc4ccc(F)cc4)C(=O)[C@@]23c2ccc(Cl)cc2)cc(I)c1O.